The molecule has 3 aliphatic rings. The van der Waals surface area contributed by atoms with Crippen LogP contribution in [0.5, 0.6) is 11.5 Å². The SMILES string of the molecule is O=C(CCC(=O)N1CCN(CC(=O)N2CCOCC2)CC1)c1ccc2c(c1)OCCCO2. The van der Waals surface area contributed by atoms with Gasteiger partial charge in [-0.1, -0.05) is 0 Å². The van der Waals surface area contributed by atoms with Crippen LogP contribution < -0.4 is 9.47 Å². The number of amides is 2. The number of carbonyl (C=O) groups is 3. The zero-order chi connectivity index (χ0) is 22.3. The van der Waals surface area contributed by atoms with Crippen LogP contribution in [0, 0.1) is 0 Å². The molecule has 0 radical (unpaired) electrons. The second kappa shape index (κ2) is 10.8. The van der Waals surface area contributed by atoms with Crippen molar-refractivity contribution in [2.75, 3.05) is 72.2 Å². The maximum absolute atomic E-state index is 12.6. The first-order chi connectivity index (χ1) is 15.6. The molecule has 1 aromatic rings. The van der Waals surface area contributed by atoms with E-state index in [0.717, 1.165) is 6.42 Å². The minimum absolute atomic E-state index is 0.0214. The Labute approximate surface area is 188 Å². The predicted octanol–water partition coefficient (Wildman–Crippen LogP) is 0.814. The fourth-order valence-corrected chi connectivity index (χ4v) is 4.12. The fraction of sp³-hybridized carbons (Fsp3) is 0.609. The summed E-state index contributed by atoms with van der Waals surface area (Å²) in [5.41, 5.74) is 0.536. The lowest BCUT2D eigenvalue weighted by Crippen LogP contribution is -2.52. The van der Waals surface area contributed by atoms with E-state index in [9.17, 15) is 14.4 Å². The molecule has 0 aromatic heterocycles. The molecule has 0 spiro atoms. The molecule has 4 rings (SSSR count). The second-order valence-electron chi connectivity index (χ2n) is 8.29. The van der Waals surface area contributed by atoms with Gasteiger partial charge in [-0.2, -0.15) is 0 Å². The van der Waals surface area contributed by atoms with Crippen molar-refractivity contribution in [3.05, 3.63) is 23.8 Å². The highest BCUT2D eigenvalue weighted by Crippen LogP contribution is 2.30. The van der Waals surface area contributed by atoms with Gasteiger partial charge in [0.25, 0.3) is 0 Å². The Bertz CT molecular complexity index is 831. The Balaban J connectivity index is 1.20. The van der Waals surface area contributed by atoms with Crippen molar-refractivity contribution in [1.29, 1.82) is 0 Å². The van der Waals surface area contributed by atoms with E-state index in [2.05, 4.69) is 4.90 Å². The Kier molecular flexibility index (Phi) is 7.59. The van der Waals surface area contributed by atoms with Gasteiger partial charge in [-0.3, -0.25) is 19.3 Å². The highest BCUT2D eigenvalue weighted by atomic mass is 16.5. The number of benzene rings is 1. The molecule has 1 aromatic carbocycles. The van der Waals surface area contributed by atoms with E-state index in [1.54, 1.807) is 23.1 Å². The van der Waals surface area contributed by atoms with Crippen molar-refractivity contribution < 1.29 is 28.6 Å². The summed E-state index contributed by atoms with van der Waals surface area (Å²) in [7, 11) is 0. The number of rotatable bonds is 6. The monoisotopic (exact) mass is 445 g/mol. The van der Waals surface area contributed by atoms with Gasteiger partial charge >= 0.3 is 0 Å². The summed E-state index contributed by atoms with van der Waals surface area (Å²) in [6, 6.07) is 5.19. The van der Waals surface area contributed by atoms with Gasteiger partial charge < -0.3 is 24.0 Å². The molecule has 2 fully saturated rings. The van der Waals surface area contributed by atoms with E-state index in [1.807, 2.05) is 4.90 Å². The average molecular weight is 446 g/mol. The van der Waals surface area contributed by atoms with Crippen LogP contribution >= 0.6 is 0 Å². The lowest BCUT2D eigenvalue weighted by molar-refractivity contribution is -0.138. The molecule has 0 unspecified atom stereocenters. The third kappa shape index (κ3) is 5.77. The normalized spacial score (nSPS) is 19.4. The van der Waals surface area contributed by atoms with Crippen LogP contribution in [0.2, 0.25) is 0 Å². The van der Waals surface area contributed by atoms with Crippen LogP contribution in [-0.4, -0.2) is 105 Å². The molecule has 0 aliphatic carbocycles. The van der Waals surface area contributed by atoms with Gasteiger partial charge in [-0.25, -0.2) is 0 Å². The molecule has 174 valence electrons. The molecule has 3 heterocycles. The summed E-state index contributed by atoms with van der Waals surface area (Å²) in [5.74, 6) is 1.26. The number of hydrogen-bond acceptors (Lipinski definition) is 7. The molecule has 2 amide bonds. The second-order valence-corrected chi connectivity index (χ2v) is 8.29. The molecule has 9 nitrogen and oxygen atoms in total. The Morgan fingerprint density at radius 3 is 2.19 bits per heavy atom. The summed E-state index contributed by atoms with van der Waals surface area (Å²) in [6.07, 6.45) is 1.15. The molecular weight excluding hydrogens is 414 g/mol. The maximum atomic E-state index is 12.6. The van der Waals surface area contributed by atoms with Crippen LogP contribution in [0.1, 0.15) is 29.6 Å². The Hall–Kier alpha value is -2.65. The quantitative estimate of drug-likeness (QED) is 0.599. The van der Waals surface area contributed by atoms with Crippen LogP contribution in [0.3, 0.4) is 0 Å². The van der Waals surface area contributed by atoms with Crippen molar-refractivity contribution >= 4 is 17.6 Å². The molecule has 32 heavy (non-hydrogen) atoms. The third-order valence-electron chi connectivity index (χ3n) is 6.08. The Morgan fingerprint density at radius 2 is 1.44 bits per heavy atom. The summed E-state index contributed by atoms with van der Waals surface area (Å²) in [6.45, 7) is 6.51. The first kappa shape index (κ1) is 22.5. The van der Waals surface area contributed by atoms with Gasteiger partial charge in [0.1, 0.15) is 0 Å². The third-order valence-corrected chi connectivity index (χ3v) is 6.08. The molecule has 0 atom stereocenters. The van der Waals surface area contributed by atoms with E-state index in [1.165, 1.54) is 0 Å². The van der Waals surface area contributed by atoms with E-state index in [4.69, 9.17) is 14.2 Å². The molecule has 9 heteroatoms. The summed E-state index contributed by atoms with van der Waals surface area (Å²) in [5, 5.41) is 0. The van der Waals surface area contributed by atoms with Crippen molar-refractivity contribution in [1.82, 2.24) is 14.7 Å². The lowest BCUT2D eigenvalue weighted by Gasteiger charge is -2.36. The number of ketones is 1. The highest BCUT2D eigenvalue weighted by Gasteiger charge is 2.25. The number of Topliss-reactive ketones (excluding diaryl/α,β-unsaturated/α-hetero) is 1. The predicted molar refractivity (Wildman–Crippen MR) is 116 cm³/mol. The lowest BCUT2D eigenvalue weighted by atomic mass is 10.1. The molecule has 0 bridgehead atoms. The van der Waals surface area contributed by atoms with E-state index in [-0.39, 0.29) is 30.4 Å². The van der Waals surface area contributed by atoms with Gasteiger partial charge in [0.2, 0.25) is 11.8 Å². The average Bonchev–Trinajstić information content (AvgIpc) is 3.08. The standard InChI is InChI=1S/C23H31N3O6/c27-19(18-2-4-20-21(16-18)32-13-1-12-31-20)3-5-22(28)25-8-6-24(7-9-25)17-23(29)26-10-14-30-15-11-26/h2,4,16H,1,3,5-15,17H2. The van der Waals surface area contributed by atoms with E-state index in [0.29, 0.717) is 89.3 Å². The van der Waals surface area contributed by atoms with Crippen LogP contribution in [0.25, 0.3) is 0 Å². The van der Waals surface area contributed by atoms with Crippen molar-refractivity contribution in [2.45, 2.75) is 19.3 Å². The van der Waals surface area contributed by atoms with E-state index < -0.39 is 0 Å². The maximum Gasteiger partial charge on any atom is 0.236 e. The van der Waals surface area contributed by atoms with Crippen molar-refractivity contribution in [3.8, 4) is 11.5 Å². The minimum atomic E-state index is -0.0799. The minimum Gasteiger partial charge on any atom is -0.490 e. The van der Waals surface area contributed by atoms with Crippen LogP contribution in [-0.2, 0) is 14.3 Å². The zero-order valence-electron chi connectivity index (χ0n) is 18.4. The number of fused-ring (bicyclic) bond motifs is 1. The summed E-state index contributed by atoms with van der Waals surface area (Å²) >= 11 is 0. The molecular formula is C23H31N3O6. The first-order valence-electron chi connectivity index (χ1n) is 11.4. The van der Waals surface area contributed by atoms with Gasteiger partial charge in [-0.15, -0.1) is 0 Å². The first-order valence-corrected chi connectivity index (χ1v) is 11.4. The van der Waals surface area contributed by atoms with Crippen LogP contribution in [0.15, 0.2) is 18.2 Å². The molecule has 2 saturated heterocycles. The Morgan fingerprint density at radius 1 is 0.750 bits per heavy atom. The van der Waals surface area contributed by atoms with Gasteiger partial charge in [-0.05, 0) is 18.2 Å². The van der Waals surface area contributed by atoms with Gasteiger partial charge in [0.05, 0.1) is 33.0 Å². The van der Waals surface area contributed by atoms with Gasteiger partial charge in [0.15, 0.2) is 17.3 Å². The number of ether oxygens (including phenoxy) is 3. The number of nitrogens with zero attached hydrogens (tertiary/aromatic N) is 3. The molecule has 3 aliphatic heterocycles. The zero-order valence-corrected chi connectivity index (χ0v) is 18.4. The number of piperazine rings is 1. The number of hydrogen-bond donors (Lipinski definition) is 0. The number of morpholine rings is 1. The largest absolute Gasteiger partial charge is 0.490 e. The highest BCUT2D eigenvalue weighted by molar-refractivity contribution is 5.98. The van der Waals surface area contributed by atoms with E-state index >= 15 is 0 Å². The van der Waals surface area contributed by atoms with Crippen LogP contribution in [0.4, 0.5) is 0 Å². The summed E-state index contributed by atoms with van der Waals surface area (Å²) < 4.78 is 16.5. The smallest absolute Gasteiger partial charge is 0.236 e. The molecule has 0 N–H and O–H groups in total. The molecule has 0 saturated carbocycles. The van der Waals surface area contributed by atoms with Crippen molar-refractivity contribution in [3.63, 3.8) is 0 Å². The summed E-state index contributed by atoms with van der Waals surface area (Å²) in [4.78, 5) is 43.3. The topological polar surface area (TPSA) is 88.6 Å². The van der Waals surface area contributed by atoms with Crippen molar-refractivity contribution in [2.24, 2.45) is 0 Å². The van der Waals surface area contributed by atoms with Gasteiger partial charge in [0, 0.05) is 64.1 Å². The number of carbonyl (C=O) groups excluding carboxylic acids is 3. The fourth-order valence-electron chi connectivity index (χ4n) is 4.12.